The number of pyridine rings is 1. The molecule has 0 aliphatic carbocycles. The summed E-state index contributed by atoms with van der Waals surface area (Å²) in [5.41, 5.74) is 4.70. The summed E-state index contributed by atoms with van der Waals surface area (Å²) in [4.78, 5) is 20.2. The highest BCUT2D eigenvalue weighted by Gasteiger charge is 2.18. The van der Waals surface area contributed by atoms with E-state index in [1.807, 2.05) is 13.0 Å². The van der Waals surface area contributed by atoms with Crippen molar-refractivity contribution in [1.82, 2.24) is 15.4 Å². The van der Waals surface area contributed by atoms with E-state index < -0.39 is 6.03 Å². The molecule has 0 radical (unpaired) electrons. The number of hydrogen-bond acceptors (Lipinski definition) is 6. The number of nitrogens with one attached hydrogen (secondary N) is 1. The molecule has 0 spiro atoms. The first-order valence-corrected chi connectivity index (χ1v) is 5.85. The molecule has 1 aromatic rings. The maximum Gasteiger partial charge on any atom is 0.358 e. The van der Waals surface area contributed by atoms with E-state index in [9.17, 15) is 4.79 Å². The van der Waals surface area contributed by atoms with Crippen LogP contribution in [0.15, 0.2) is 33.8 Å². The Hall–Kier alpha value is -2.77. The van der Waals surface area contributed by atoms with Gasteiger partial charge in [-0.05, 0) is 18.6 Å². The number of hydrogen-bond donors (Lipinski definition) is 1. The molecule has 8 nitrogen and oxygen atoms in total. The van der Waals surface area contributed by atoms with Gasteiger partial charge in [-0.1, -0.05) is 5.16 Å². The number of amides is 2. The van der Waals surface area contributed by atoms with E-state index in [0.29, 0.717) is 5.71 Å². The quantitative estimate of drug-likeness (QED) is 0.648. The second-order valence-corrected chi connectivity index (χ2v) is 4.04. The van der Waals surface area contributed by atoms with Gasteiger partial charge in [0.15, 0.2) is 0 Å². The third-order valence-electron chi connectivity index (χ3n) is 2.39. The van der Waals surface area contributed by atoms with Gasteiger partial charge in [0.05, 0.1) is 19.0 Å². The van der Waals surface area contributed by atoms with Crippen LogP contribution in [0.1, 0.15) is 11.1 Å². The number of carbonyl (C=O) groups excluding carboxylic acids is 1. The molecule has 0 aromatic carbocycles. The van der Waals surface area contributed by atoms with Crippen LogP contribution in [0, 0.1) is 6.92 Å². The fourth-order valence-corrected chi connectivity index (χ4v) is 1.50. The standard InChI is InChI=1S/C12H14N6O2/c1-9-3-10(5-13-4-9)6-14-18-8-11(7-15-20-2)16-17-12(18)19/h3-7H,8H2,1-2H3,(H,17,19). The van der Waals surface area contributed by atoms with Gasteiger partial charge in [-0.25, -0.2) is 15.2 Å². The zero-order valence-electron chi connectivity index (χ0n) is 11.1. The first-order chi connectivity index (χ1) is 9.69. The molecule has 0 bridgehead atoms. The minimum atomic E-state index is -0.406. The molecule has 2 amide bonds. The maximum absolute atomic E-state index is 11.6. The maximum atomic E-state index is 11.6. The predicted octanol–water partition coefficient (Wildman–Crippen LogP) is 0.737. The van der Waals surface area contributed by atoms with Crippen molar-refractivity contribution in [2.75, 3.05) is 13.7 Å². The summed E-state index contributed by atoms with van der Waals surface area (Å²) in [6.45, 7) is 2.15. The Kier molecular flexibility index (Phi) is 4.38. The van der Waals surface area contributed by atoms with E-state index >= 15 is 0 Å². The van der Waals surface area contributed by atoms with Crippen LogP contribution in [0.3, 0.4) is 0 Å². The van der Waals surface area contributed by atoms with Crippen LogP contribution in [0.2, 0.25) is 0 Å². The number of aryl methyl sites for hydroxylation is 1. The highest BCUT2D eigenvalue weighted by atomic mass is 16.6. The lowest BCUT2D eigenvalue weighted by molar-refractivity contribution is 0.204. The van der Waals surface area contributed by atoms with Gasteiger partial charge in [-0.2, -0.15) is 10.2 Å². The minimum absolute atomic E-state index is 0.217. The minimum Gasteiger partial charge on any atom is -0.399 e. The molecule has 1 aliphatic heterocycles. The van der Waals surface area contributed by atoms with Crippen molar-refractivity contribution in [2.24, 2.45) is 15.4 Å². The van der Waals surface area contributed by atoms with Crippen LogP contribution in [0.5, 0.6) is 0 Å². The zero-order chi connectivity index (χ0) is 14.4. The molecule has 8 heteroatoms. The lowest BCUT2D eigenvalue weighted by atomic mass is 10.2. The third kappa shape index (κ3) is 3.61. The molecule has 0 fully saturated rings. The molecule has 1 aromatic heterocycles. The normalized spacial score (nSPS) is 15.6. The van der Waals surface area contributed by atoms with Crippen molar-refractivity contribution in [3.05, 3.63) is 29.6 Å². The summed E-state index contributed by atoms with van der Waals surface area (Å²) >= 11 is 0. The fraction of sp³-hybridized carbons (Fsp3) is 0.250. The second kappa shape index (κ2) is 6.41. The average molecular weight is 274 g/mol. The average Bonchev–Trinajstić information content (AvgIpc) is 2.45. The molecule has 0 unspecified atom stereocenters. The van der Waals surface area contributed by atoms with Crippen LogP contribution in [0.25, 0.3) is 0 Å². The molecule has 0 atom stereocenters. The van der Waals surface area contributed by atoms with Crippen molar-refractivity contribution in [3.63, 3.8) is 0 Å². The Labute approximate surface area is 115 Å². The van der Waals surface area contributed by atoms with E-state index in [0.717, 1.165) is 11.1 Å². The summed E-state index contributed by atoms with van der Waals surface area (Å²) in [6.07, 6.45) is 6.39. The number of urea groups is 1. The molecule has 20 heavy (non-hydrogen) atoms. The Morgan fingerprint density at radius 3 is 3.05 bits per heavy atom. The van der Waals surface area contributed by atoms with Gasteiger partial charge in [0.25, 0.3) is 0 Å². The van der Waals surface area contributed by atoms with E-state index in [1.54, 1.807) is 18.6 Å². The smallest absolute Gasteiger partial charge is 0.358 e. The molecule has 2 heterocycles. The SMILES string of the molecule is CON=CC1=NNC(=O)N(N=Cc2cncc(C)c2)C1. The predicted molar refractivity (Wildman–Crippen MR) is 74.7 cm³/mol. The monoisotopic (exact) mass is 274 g/mol. The molecule has 1 N–H and O–H groups in total. The van der Waals surface area contributed by atoms with Gasteiger partial charge >= 0.3 is 6.03 Å². The molecule has 104 valence electrons. The highest BCUT2D eigenvalue weighted by molar-refractivity contribution is 6.32. The lowest BCUT2D eigenvalue weighted by Gasteiger charge is -2.20. The molecular weight excluding hydrogens is 260 g/mol. The summed E-state index contributed by atoms with van der Waals surface area (Å²) in [7, 11) is 1.43. The Balaban J connectivity index is 2.07. The van der Waals surface area contributed by atoms with Crippen LogP contribution >= 0.6 is 0 Å². The highest BCUT2D eigenvalue weighted by Crippen LogP contribution is 2.01. The first kappa shape index (κ1) is 13.7. The third-order valence-corrected chi connectivity index (χ3v) is 2.39. The topological polar surface area (TPSA) is 91.5 Å². The van der Waals surface area contributed by atoms with Gasteiger partial charge in [-0.3, -0.25) is 4.98 Å². The number of nitrogens with zero attached hydrogens (tertiary/aromatic N) is 5. The van der Waals surface area contributed by atoms with Crippen molar-refractivity contribution >= 4 is 24.2 Å². The van der Waals surface area contributed by atoms with Crippen molar-refractivity contribution < 1.29 is 9.63 Å². The van der Waals surface area contributed by atoms with Crippen LogP contribution in [0.4, 0.5) is 4.79 Å². The summed E-state index contributed by atoms with van der Waals surface area (Å²) in [6, 6.07) is 1.51. The number of carbonyl (C=O) groups is 1. The number of oxime groups is 1. The Morgan fingerprint density at radius 2 is 2.30 bits per heavy atom. The molecular formula is C12H14N6O2. The van der Waals surface area contributed by atoms with E-state index in [1.165, 1.54) is 18.3 Å². The molecule has 1 aliphatic rings. The van der Waals surface area contributed by atoms with Crippen molar-refractivity contribution in [1.29, 1.82) is 0 Å². The van der Waals surface area contributed by atoms with Crippen LogP contribution < -0.4 is 5.43 Å². The largest absolute Gasteiger partial charge is 0.399 e. The summed E-state index contributed by atoms with van der Waals surface area (Å²) in [5, 5.41) is 12.8. The van der Waals surface area contributed by atoms with Gasteiger partial charge < -0.3 is 4.84 Å². The first-order valence-electron chi connectivity index (χ1n) is 5.85. The van der Waals surface area contributed by atoms with Gasteiger partial charge in [0.2, 0.25) is 0 Å². The van der Waals surface area contributed by atoms with Crippen LogP contribution in [-0.4, -0.2) is 47.8 Å². The molecule has 0 saturated heterocycles. The van der Waals surface area contributed by atoms with Gasteiger partial charge in [0.1, 0.15) is 12.8 Å². The van der Waals surface area contributed by atoms with Crippen LogP contribution in [-0.2, 0) is 4.84 Å². The van der Waals surface area contributed by atoms with E-state index in [2.05, 4.69) is 30.6 Å². The number of hydrazone groups is 2. The zero-order valence-corrected chi connectivity index (χ0v) is 11.1. The summed E-state index contributed by atoms with van der Waals surface area (Å²) < 4.78 is 0. The lowest BCUT2D eigenvalue weighted by Crippen LogP contribution is -2.43. The number of rotatable bonds is 4. The van der Waals surface area contributed by atoms with Gasteiger partial charge in [-0.15, -0.1) is 0 Å². The fourth-order valence-electron chi connectivity index (χ4n) is 1.50. The van der Waals surface area contributed by atoms with Gasteiger partial charge in [0, 0.05) is 18.0 Å². The van der Waals surface area contributed by atoms with Crippen molar-refractivity contribution in [3.8, 4) is 0 Å². The Morgan fingerprint density at radius 1 is 1.45 bits per heavy atom. The molecule has 0 saturated carbocycles. The summed E-state index contributed by atoms with van der Waals surface area (Å²) in [5.74, 6) is 0. The van der Waals surface area contributed by atoms with E-state index in [4.69, 9.17) is 0 Å². The molecule has 2 rings (SSSR count). The second-order valence-electron chi connectivity index (χ2n) is 4.04. The Bertz CT molecular complexity index is 581. The van der Waals surface area contributed by atoms with Crippen molar-refractivity contribution in [2.45, 2.75) is 6.92 Å². The van der Waals surface area contributed by atoms with E-state index in [-0.39, 0.29) is 6.54 Å². The number of aromatic nitrogens is 1.